The molecule has 0 saturated carbocycles. The monoisotopic (exact) mass is 156 g/mol. The first kappa shape index (κ1) is 8.14. The highest BCUT2D eigenvalue weighted by molar-refractivity contribution is 5.24. The Hall–Kier alpha value is -0.960. The Kier molecular flexibility index (Phi) is 2.54. The SMILES string of the molecule is NC[CH]c1ccc(F)c(F)c1. The number of hydrogen-bond donors (Lipinski definition) is 1. The van der Waals surface area contributed by atoms with Crippen LogP contribution >= 0.6 is 0 Å². The van der Waals surface area contributed by atoms with Crippen molar-refractivity contribution < 1.29 is 8.78 Å². The predicted octanol–water partition coefficient (Wildman–Crippen LogP) is 1.48. The lowest BCUT2D eigenvalue weighted by Gasteiger charge is -1.97. The summed E-state index contributed by atoms with van der Waals surface area (Å²) < 4.78 is 24.8. The van der Waals surface area contributed by atoms with Crippen molar-refractivity contribution in [1.82, 2.24) is 0 Å². The van der Waals surface area contributed by atoms with Gasteiger partial charge in [-0.3, -0.25) is 0 Å². The van der Waals surface area contributed by atoms with Crippen molar-refractivity contribution in [3.05, 3.63) is 41.8 Å². The van der Waals surface area contributed by atoms with Crippen molar-refractivity contribution in [2.75, 3.05) is 6.54 Å². The van der Waals surface area contributed by atoms with Crippen LogP contribution in [0.1, 0.15) is 5.56 Å². The van der Waals surface area contributed by atoms with Gasteiger partial charge in [-0.1, -0.05) is 6.07 Å². The van der Waals surface area contributed by atoms with Crippen LogP contribution < -0.4 is 5.73 Å². The van der Waals surface area contributed by atoms with Crippen LogP contribution in [0.5, 0.6) is 0 Å². The van der Waals surface area contributed by atoms with Crippen LogP contribution in [0.2, 0.25) is 0 Å². The van der Waals surface area contributed by atoms with Gasteiger partial charge >= 0.3 is 0 Å². The van der Waals surface area contributed by atoms with Gasteiger partial charge in [0.05, 0.1) is 0 Å². The molecule has 11 heavy (non-hydrogen) atoms. The third kappa shape index (κ3) is 1.98. The molecule has 0 heterocycles. The predicted molar refractivity (Wildman–Crippen MR) is 38.8 cm³/mol. The third-order valence-electron chi connectivity index (χ3n) is 1.30. The number of hydrogen-bond acceptors (Lipinski definition) is 1. The molecular formula is C8H8F2N. The van der Waals surface area contributed by atoms with E-state index < -0.39 is 11.6 Å². The molecule has 0 aliphatic carbocycles. The Morgan fingerprint density at radius 2 is 2.00 bits per heavy atom. The van der Waals surface area contributed by atoms with Crippen molar-refractivity contribution in [2.45, 2.75) is 0 Å². The highest BCUT2D eigenvalue weighted by Gasteiger charge is 2.00. The number of halogens is 2. The number of rotatable bonds is 2. The Morgan fingerprint density at radius 1 is 1.27 bits per heavy atom. The van der Waals surface area contributed by atoms with Gasteiger partial charge in [0.15, 0.2) is 11.6 Å². The molecule has 0 aromatic heterocycles. The summed E-state index contributed by atoms with van der Waals surface area (Å²) in [5.41, 5.74) is 5.78. The molecule has 1 rings (SSSR count). The molecule has 0 spiro atoms. The van der Waals surface area contributed by atoms with Gasteiger partial charge in [0.1, 0.15) is 0 Å². The molecule has 0 fully saturated rings. The van der Waals surface area contributed by atoms with E-state index in [1.165, 1.54) is 6.07 Å². The Labute approximate surface area is 63.8 Å². The van der Waals surface area contributed by atoms with Gasteiger partial charge in [-0.15, -0.1) is 0 Å². The average Bonchev–Trinajstić information content (AvgIpc) is 1.98. The third-order valence-corrected chi connectivity index (χ3v) is 1.30. The molecule has 0 amide bonds. The minimum Gasteiger partial charge on any atom is -0.330 e. The molecule has 0 atom stereocenters. The number of benzene rings is 1. The van der Waals surface area contributed by atoms with Gasteiger partial charge in [-0.2, -0.15) is 0 Å². The van der Waals surface area contributed by atoms with Crippen molar-refractivity contribution in [2.24, 2.45) is 5.73 Å². The van der Waals surface area contributed by atoms with E-state index in [0.29, 0.717) is 12.1 Å². The summed E-state index contributed by atoms with van der Waals surface area (Å²) in [6.07, 6.45) is 1.61. The fourth-order valence-corrected chi connectivity index (χ4v) is 0.775. The highest BCUT2D eigenvalue weighted by Crippen LogP contribution is 2.09. The van der Waals surface area contributed by atoms with Gasteiger partial charge in [0, 0.05) is 6.42 Å². The lowest BCUT2D eigenvalue weighted by atomic mass is 10.1. The van der Waals surface area contributed by atoms with Crippen LogP contribution in [0.4, 0.5) is 8.78 Å². The summed E-state index contributed by atoms with van der Waals surface area (Å²) in [6.45, 7) is 0.324. The van der Waals surface area contributed by atoms with Crippen LogP contribution in [0.25, 0.3) is 0 Å². The second-order valence-electron chi connectivity index (χ2n) is 2.11. The molecule has 0 aliphatic rings. The number of nitrogens with two attached hydrogens (primary N) is 1. The van der Waals surface area contributed by atoms with E-state index in [0.717, 1.165) is 12.1 Å². The van der Waals surface area contributed by atoms with Crippen LogP contribution in [-0.2, 0) is 0 Å². The zero-order valence-corrected chi connectivity index (χ0v) is 5.85. The zero-order chi connectivity index (χ0) is 8.27. The fourth-order valence-electron chi connectivity index (χ4n) is 0.775. The van der Waals surface area contributed by atoms with E-state index >= 15 is 0 Å². The van der Waals surface area contributed by atoms with E-state index in [9.17, 15) is 8.78 Å². The van der Waals surface area contributed by atoms with Crippen molar-refractivity contribution in [3.63, 3.8) is 0 Å². The van der Waals surface area contributed by atoms with Gasteiger partial charge in [0.2, 0.25) is 0 Å². The second kappa shape index (κ2) is 3.44. The molecule has 0 unspecified atom stereocenters. The van der Waals surface area contributed by atoms with Gasteiger partial charge in [0.25, 0.3) is 0 Å². The molecule has 0 saturated heterocycles. The average molecular weight is 156 g/mol. The molecule has 0 aliphatic heterocycles. The molecule has 0 bridgehead atoms. The largest absolute Gasteiger partial charge is 0.330 e. The molecule has 59 valence electrons. The van der Waals surface area contributed by atoms with E-state index in [1.807, 2.05) is 0 Å². The summed E-state index contributed by atoms with van der Waals surface area (Å²) in [7, 11) is 0. The van der Waals surface area contributed by atoms with Crippen LogP contribution in [0, 0.1) is 18.1 Å². The standard InChI is InChI=1S/C8H8F2N/c9-7-2-1-6(3-4-11)5-8(7)10/h1-3,5H,4,11H2. The summed E-state index contributed by atoms with van der Waals surface area (Å²) in [5, 5.41) is 0. The first-order valence-corrected chi connectivity index (χ1v) is 3.22. The van der Waals surface area contributed by atoms with Crippen LogP contribution in [0.15, 0.2) is 18.2 Å². The minimum absolute atomic E-state index is 0.324. The van der Waals surface area contributed by atoms with Crippen molar-refractivity contribution >= 4 is 0 Å². The molecule has 3 heteroatoms. The maximum absolute atomic E-state index is 12.5. The van der Waals surface area contributed by atoms with Crippen LogP contribution in [-0.4, -0.2) is 6.54 Å². The maximum atomic E-state index is 12.5. The minimum atomic E-state index is -0.841. The smallest absolute Gasteiger partial charge is 0.159 e. The topological polar surface area (TPSA) is 26.0 Å². The van der Waals surface area contributed by atoms with Crippen LogP contribution in [0.3, 0.4) is 0 Å². The molecule has 1 nitrogen and oxygen atoms in total. The summed E-state index contributed by atoms with van der Waals surface area (Å²) in [5.74, 6) is -1.67. The van der Waals surface area contributed by atoms with E-state index in [4.69, 9.17) is 5.73 Å². The molecule has 1 aromatic carbocycles. The van der Waals surface area contributed by atoms with Crippen molar-refractivity contribution in [1.29, 1.82) is 0 Å². The van der Waals surface area contributed by atoms with Gasteiger partial charge < -0.3 is 5.73 Å². The lowest BCUT2D eigenvalue weighted by molar-refractivity contribution is 0.508. The Bertz CT molecular complexity index is 248. The molecule has 1 radical (unpaired) electrons. The second-order valence-corrected chi connectivity index (χ2v) is 2.11. The first-order chi connectivity index (χ1) is 5.24. The van der Waals surface area contributed by atoms with E-state index in [-0.39, 0.29) is 0 Å². The summed E-state index contributed by atoms with van der Waals surface area (Å²) >= 11 is 0. The Morgan fingerprint density at radius 3 is 2.55 bits per heavy atom. The van der Waals surface area contributed by atoms with Crippen molar-refractivity contribution in [3.8, 4) is 0 Å². The van der Waals surface area contributed by atoms with Gasteiger partial charge in [-0.05, 0) is 24.2 Å². The quantitative estimate of drug-likeness (QED) is 0.689. The zero-order valence-electron chi connectivity index (χ0n) is 5.85. The molecular weight excluding hydrogens is 148 g/mol. The van der Waals surface area contributed by atoms with Gasteiger partial charge in [-0.25, -0.2) is 8.78 Å². The first-order valence-electron chi connectivity index (χ1n) is 3.22. The summed E-state index contributed by atoms with van der Waals surface area (Å²) in [4.78, 5) is 0. The molecule has 1 aromatic rings. The Balaban J connectivity index is 2.86. The molecule has 2 N–H and O–H groups in total. The van der Waals surface area contributed by atoms with E-state index in [2.05, 4.69) is 0 Å². The lowest BCUT2D eigenvalue weighted by Crippen LogP contribution is -2.00. The summed E-state index contributed by atoms with van der Waals surface area (Å²) in [6, 6.07) is 3.67. The highest BCUT2D eigenvalue weighted by atomic mass is 19.2. The fraction of sp³-hybridized carbons (Fsp3) is 0.125. The maximum Gasteiger partial charge on any atom is 0.159 e. The van der Waals surface area contributed by atoms with E-state index in [1.54, 1.807) is 6.42 Å². The normalized spacial score (nSPS) is 10.1.